The molecule has 0 saturated heterocycles. The predicted molar refractivity (Wildman–Crippen MR) is 99.9 cm³/mol. The number of aromatic nitrogens is 2. The van der Waals surface area contributed by atoms with Crippen LogP contribution in [0.15, 0.2) is 54.6 Å². The fraction of sp³-hybridized carbons (Fsp3) is 0.105. The van der Waals surface area contributed by atoms with Crippen LogP contribution in [0.5, 0.6) is 0 Å². The van der Waals surface area contributed by atoms with Crippen LogP contribution in [0.4, 0.5) is 16.0 Å². The van der Waals surface area contributed by atoms with Crippen LogP contribution in [0.2, 0.25) is 5.02 Å². The van der Waals surface area contributed by atoms with Gasteiger partial charge in [0.25, 0.3) is 5.91 Å². The molecule has 2 aromatic carbocycles. The Morgan fingerprint density at radius 3 is 2.69 bits per heavy atom. The van der Waals surface area contributed by atoms with Crippen molar-refractivity contribution >= 4 is 29.1 Å². The topological polar surface area (TPSA) is 66.9 Å². The third-order valence-electron chi connectivity index (χ3n) is 3.56. The van der Waals surface area contributed by atoms with E-state index in [0.717, 1.165) is 0 Å². The van der Waals surface area contributed by atoms with Gasteiger partial charge in [0.15, 0.2) is 0 Å². The van der Waals surface area contributed by atoms with Gasteiger partial charge in [0.2, 0.25) is 5.95 Å². The van der Waals surface area contributed by atoms with Crippen molar-refractivity contribution in [3.8, 4) is 0 Å². The van der Waals surface area contributed by atoms with E-state index in [1.807, 2.05) is 0 Å². The first-order valence-electron chi connectivity index (χ1n) is 7.91. The Morgan fingerprint density at radius 1 is 1.12 bits per heavy atom. The zero-order chi connectivity index (χ0) is 18.5. The summed E-state index contributed by atoms with van der Waals surface area (Å²) >= 11 is 5.92. The second kappa shape index (κ2) is 7.93. The van der Waals surface area contributed by atoms with Crippen molar-refractivity contribution in [2.24, 2.45) is 0 Å². The van der Waals surface area contributed by atoms with E-state index in [4.69, 9.17) is 11.6 Å². The van der Waals surface area contributed by atoms with Crippen molar-refractivity contribution in [2.45, 2.75) is 13.5 Å². The van der Waals surface area contributed by atoms with Crippen molar-refractivity contribution in [3.63, 3.8) is 0 Å². The second-order valence-corrected chi connectivity index (χ2v) is 6.06. The van der Waals surface area contributed by atoms with Gasteiger partial charge in [-0.2, -0.15) is 0 Å². The molecule has 3 rings (SSSR count). The van der Waals surface area contributed by atoms with Crippen LogP contribution >= 0.6 is 11.6 Å². The van der Waals surface area contributed by atoms with E-state index >= 15 is 0 Å². The normalized spacial score (nSPS) is 10.4. The van der Waals surface area contributed by atoms with Crippen LogP contribution in [0.3, 0.4) is 0 Å². The van der Waals surface area contributed by atoms with Crippen LogP contribution < -0.4 is 10.6 Å². The molecule has 26 heavy (non-hydrogen) atoms. The summed E-state index contributed by atoms with van der Waals surface area (Å²) in [5.41, 5.74) is 1.88. The molecule has 132 valence electrons. The van der Waals surface area contributed by atoms with Gasteiger partial charge >= 0.3 is 0 Å². The Bertz CT molecular complexity index is 948. The highest BCUT2D eigenvalue weighted by atomic mass is 35.5. The van der Waals surface area contributed by atoms with Gasteiger partial charge in [-0.05, 0) is 37.3 Å². The van der Waals surface area contributed by atoms with E-state index < -0.39 is 0 Å². The summed E-state index contributed by atoms with van der Waals surface area (Å²) in [6, 6.07) is 14.8. The number of carbonyl (C=O) groups is 1. The summed E-state index contributed by atoms with van der Waals surface area (Å²) in [5.74, 6) is -0.442. The molecule has 0 aliphatic rings. The van der Waals surface area contributed by atoms with Crippen LogP contribution in [-0.2, 0) is 6.54 Å². The summed E-state index contributed by atoms with van der Waals surface area (Å²) in [6.07, 6.45) is 0. The van der Waals surface area contributed by atoms with Crippen LogP contribution in [-0.4, -0.2) is 15.9 Å². The molecule has 3 aromatic rings. The maximum Gasteiger partial charge on any atom is 0.274 e. The first-order valence-corrected chi connectivity index (χ1v) is 8.29. The average molecular weight is 371 g/mol. The molecule has 0 saturated carbocycles. The van der Waals surface area contributed by atoms with E-state index in [-0.39, 0.29) is 29.9 Å². The van der Waals surface area contributed by atoms with Gasteiger partial charge in [0.05, 0.1) is 0 Å². The summed E-state index contributed by atoms with van der Waals surface area (Å²) < 4.78 is 13.7. The minimum Gasteiger partial charge on any atom is -0.350 e. The number of amides is 1. The number of benzene rings is 2. The fourth-order valence-corrected chi connectivity index (χ4v) is 2.53. The Balaban J connectivity index is 1.74. The number of halogens is 2. The van der Waals surface area contributed by atoms with Gasteiger partial charge in [-0.25, -0.2) is 14.4 Å². The Kier molecular flexibility index (Phi) is 5.43. The molecular formula is C19H16ClFN4O. The van der Waals surface area contributed by atoms with Gasteiger partial charge in [0, 0.05) is 28.5 Å². The smallest absolute Gasteiger partial charge is 0.274 e. The van der Waals surface area contributed by atoms with Crippen LogP contribution in [0.1, 0.15) is 21.7 Å². The minimum atomic E-state index is -0.383. The number of carbonyl (C=O) groups excluding carboxylic acids is 1. The van der Waals surface area contributed by atoms with E-state index in [0.29, 0.717) is 22.0 Å². The molecule has 0 unspecified atom stereocenters. The summed E-state index contributed by atoms with van der Waals surface area (Å²) in [6.45, 7) is 1.97. The second-order valence-electron chi connectivity index (χ2n) is 5.63. The number of aryl methyl sites for hydroxylation is 1. The molecule has 0 aliphatic carbocycles. The first-order chi connectivity index (χ1) is 12.5. The fourth-order valence-electron chi connectivity index (χ4n) is 2.34. The molecule has 0 spiro atoms. The number of anilines is 2. The van der Waals surface area contributed by atoms with Gasteiger partial charge < -0.3 is 10.6 Å². The van der Waals surface area contributed by atoms with Gasteiger partial charge in [-0.1, -0.05) is 35.9 Å². The quantitative estimate of drug-likeness (QED) is 0.696. The largest absolute Gasteiger partial charge is 0.350 e. The predicted octanol–water partition coefficient (Wildman–Crippen LogP) is 4.44. The molecule has 0 aliphatic heterocycles. The lowest BCUT2D eigenvalue weighted by molar-refractivity contribution is 0.102. The standard InChI is InChI=1S/C19H16ClFN4O/c1-12-9-17(18(26)24-15-7-4-6-14(20)10-15)25-19(23-12)22-11-13-5-2-3-8-16(13)21/h2-10H,11H2,1H3,(H,24,26)(H,22,23,25). The molecule has 0 bridgehead atoms. The zero-order valence-corrected chi connectivity index (χ0v) is 14.7. The van der Waals surface area contributed by atoms with Crippen molar-refractivity contribution in [1.29, 1.82) is 0 Å². The maximum absolute atomic E-state index is 13.7. The monoisotopic (exact) mass is 370 g/mol. The maximum atomic E-state index is 13.7. The summed E-state index contributed by atoms with van der Waals surface area (Å²) in [7, 11) is 0. The van der Waals surface area contributed by atoms with E-state index in [9.17, 15) is 9.18 Å². The molecule has 1 heterocycles. The molecule has 1 amide bonds. The van der Waals surface area contributed by atoms with E-state index in [2.05, 4.69) is 20.6 Å². The molecule has 0 atom stereocenters. The molecule has 0 fully saturated rings. The third-order valence-corrected chi connectivity index (χ3v) is 3.80. The van der Waals surface area contributed by atoms with Gasteiger partial charge in [-0.15, -0.1) is 0 Å². The number of nitrogens with zero attached hydrogens (tertiary/aromatic N) is 2. The molecule has 5 nitrogen and oxygen atoms in total. The molecule has 2 N–H and O–H groups in total. The lowest BCUT2D eigenvalue weighted by Crippen LogP contribution is -2.16. The SMILES string of the molecule is Cc1cc(C(=O)Nc2cccc(Cl)c2)nc(NCc2ccccc2F)n1. The molecular weight excluding hydrogens is 355 g/mol. The first kappa shape index (κ1) is 17.8. The van der Waals surface area contributed by atoms with Crippen LogP contribution in [0.25, 0.3) is 0 Å². The van der Waals surface area contributed by atoms with Gasteiger partial charge in [-0.3, -0.25) is 4.79 Å². The lowest BCUT2D eigenvalue weighted by Gasteiger charge is -2.09. The molecule has 0 radical (unpaired) electrons. The number of hydrogen-bond donors (Lipinski definition) is 2. The minimum absolute atomic E-state index is 0.202. The highest BCUT2D eigenvalue weighted by Gasteiger charge is 2.12. The van der Waals surface area contributed by atoms with Gasteiger partial charge in [0.1, 0.15) is 11.5 Å². The molecule has 1 aromatic heterocycles. The van der Waals surface area contributed by atoms with Crippen molar-refractivity contribution in [1.82, 2.24) is 9.97 Å². The Morgan fingerprint density at radius 2 is 1.92 bits per heavy atom. The lowest BCUT2D eigenvalue weighted by atomic mass is 10.2. The number of hydrogen-bond acceptors (Lipinski definition) is 4. The average Bonchev–Trinajstić information content (AvgIpc) is 2.60. The van der Waals surface area contributed by atoms with Crippen LogP contribution in [0, 0.1) is 12.7 Å². The third kappa shape index (κ3) is 4.55. The van der Waals surface area contributed by atoms with Crippen molar-refractivity contribution < 1.29 is 9.18 Å². The Labute approximate surface area is 155 Å². The highest BCUT2D eigenvalue weighted by molar-refractivity contribution is 6.30. The van der Waals surface area contributed by atoms with E-state index in [1.54, 1.807) is 55.5 Å². The van der Waals surface area contributed by atoms with Crippen molar-refractivity contribution in [3.05, 3.63) is 82.4 Å². The van der Waals surface area contributed by atoms with Crippen molar-refractivity contribution in [2.75, 3.05) is 10.6 Å². The highest BCUT2D eigenvalue weighted by Crippen LogP contribution is 2.16. The summed E-state index contributed by atoms with van der Waals surface area (Å²) in [5, 5.41) is 6.20. The number of nitrogens with one attached hydrogen (secondary N) is 2. The number of rotatable bonds is 5. The zero-order valence-electron chi connectivity index (χ0n) is 14.0. The molecule has 7 heteroatoms. The van der Waals surface area contributed by atoms with E-state index in [1.165, 1.54) is 6.07 Å². The Hall–Kier alpha value is -2.99. The summed E-state index contributed by atoms with van der Waals surface area (Å²) in [4.78, 5) is 20.9.